The minimum Gasteiger partial charge on any atom is -0.388 e. The Morgan fingerprint density at radius 2 is 1.89 bits per heavy atom. The number of amides is 1. The molecule has 1 N–H and O–H groups in total. The second-order valence-electron chi connectivity index (χ2n) is 5.54. The molecule has 1 aromatic rings. The SMILES string of the molecule is CCC(=O)N(Cc1ccccc1)C1(C)CC1(C)O. The van der Waals surface area contributed by atoms with E-state index in [1.54, 1.807) is 6.92 Å². The van der Waals surface area contributed by atoms with E-state index in [0.717, 1.165) is 5.56 Å². The molecule has 1 saturated carbocycles. The third-order valence-electron chi connectivity index (χ3n) is 4.11. The molecule has 2 rings (SSSR count). The molecule has 1 fully saturated rings. The van der Waals surface area contributed by atoms with Crippen LogP contribution in [0.1, 0.15) is 39.2 Å². The first-order valence-electron chi connectivity index (χ1n) is 6.47. The summed E-state index contributed by atoms with van der Waals surface area (Å²) in [5, 5.41) is 10.1. The fraction of sp³-hybridized carbons (Fsp3) is 0.533. The molecule has 0 aliphatic heterocycles. The number of carbonyl (C=O) groups excluding carboxylic acids is 1. The average Bonchev–Trinajstić information content (AvgIpc) is 2.87. The van der Waals surface area contributed by atoms with E-state index in [9.17, 15) is 9.90 Å². The summed E-state index contributed by atoms with van der Waals surface area (Å²) in [5.74, 6) is 0.0964. The van der Waals surface area contributed by atoms with Gasteiger partial charge in [-0.2, -0.15) is 0 Å². The van der Waals surface area contributed by atoms with Gasteiger partial charge >= 0.3 is 0 Å². The Hall–Kier alpha value is -1.35. The lowest BCUT2D eigenvalue weighted by atomic mass is 10.1. The molecule has 0 saturated heterocycles. The van der Waals surface area contributed by atoms with Crippen LogP contribution in [0.15, 0.2) is 30.3 Å². The minimum absolute atomic E-state index is 0.0964. The Kier molecular flexibility index (Phi) is 3.20. The molecular weight excluding hydrogens is 226 g/mol. The minimum atomic E-state index is -0.757. The van der Waals surface area contributed by atoms with Crippen LogP contribution < -0.4 is 0 Å². The summed E-state index contributed by atoms with van der Waals surface area (Å²) < 4.78 is 0. The van der Waals surface area contributed by atoms with Crippen molar-refractivity contribution in [3.8, 4) is 0 Å². The first kappa shape index (κ1) is 13.1. The lowest BCUT2D eigenvalue weighted by Gasteiger charge is -2.31. The van der Waals surface area contributed by atoms with Gasteiger partial charge in [-0.15, -0.1) is 0 Å². The fourth-order valence-electron chi connectivity index (χ4n) is 2.51. The van der Waals surface area contributed by atoms with Crippen molar-refractivity contribution in [1.29, 1.82) is 0 Å². The molecule has 18 heavy (non-hydrogen) atoms. The van der Waals surface area contributed by atoms with Crippen molar-refractivity contribution < 1.29 is 9.90 Å². The predicted molar refractivity (Wildman–Crippen MR) is 70.9 cm³/mol. The third-order valence-corrected chi connectivity index (χ3v) is 4.11. The molecule has 0 radical (unpaired) electrons. The van der Waals surface area contributed by atoms with E-state index in [1.165, 1.54) is 0 Å². The topological polar surface area (TPSA) is 40.5 Å². The van der Waals surface area contributed by atoms with E-state index in [1.807, 2.05) is 49.1 Å². The smallest absolute Gasteiger partial charge is 0.223 e. The number of rotatable bonds is 4. The fourth-order valence-corrected chi connectivity index (χ4v) is 2.51. The normalized spacial score (nSPS) is 30.0. The summed E-state index contributed by atoms with van der Waals surface area (Å²) in [6.45, 7) is 6.19. The standard InChI is InChI=1S/C15H21NO2/c1-4-13(17)16(14(2)11-15(14,3)18)10-12-8-6-5-7-9-12/h5-9,18H,4,10-11H2,1-3H3. The molecule has 98 valence electrons. The van der Waals surface area contributed by atoms with Gasteiger partial charge in [0.1, 0.15) is 0 Å². The van der Waals surface area contributed by atoms with Gasteiger partial charge in [0.2, 0.25) is 5.91 Å². The van der Waals surface area contributed by atoms with Crippen LogP contribution >= 0.6 is 0 Å². The van der Waals surface area contributed by atoms with Gasteiger partial charge < -0.3 is 10.0 Å². The van der Waals surface area contributed by atoms with Crippen LogP contribution in [0, 0.1) is 0 Å². The summed E-state index contributed by atoms with van der Waals surface area (Å²) in [6, 6.07) is 9.92. The Balaban J connectivity index is 2.20. The van der Waals surface area contributed by atoms with Crippen molar-refractivity contribution >= 4 is 5.91 Å². The highest BCUT2D eigenvalue weighted by atomic mass is 16.3. The number of carbonyl (C=O) groups is 1. The van der Waals surface area contributed by atoms with Crippen LogP contribution in [0.2, 0.25) is 0 Å². The first-order valence-corrected chi connectivity index (χ1v) is 6.47. The molecule has 1 aromatic carbocycles. The van der Waals surface area contributed by atoms with Crippen LogP contribution in [-0.4, -0.2) is 27.1 Å². The largest absolute Gasteiger partial charge is 0.388 e. The molecule has 2 atom stereocenters. The molecule has 3 heteroatoms. The lowest BCUT2D eigenvalue weighted by Crippen LogP contribution is -2.44. The highest BCUT2D eigenvalue weighted by molar-refractivity contribution is 5.77. The maximum Gasteiger partial charge on any atom is 0.223 e. The first-order chi connectivity index (χ1) is 8.40. The maximum atomic E-state index is 12.1. The van der Waals surface area contributed by atoms with Crippen molar-refractivity contribution in [2.24, 2.45) is 0 Å². The van der Waals surface area contributed by atoms with Crippen molar-refractivity contribution in [1.82, 2.24) is 4.90 Å². The summed E-state index contributed by atoms with van der Waals surface area (Å²) in [7, 11) is 0. The number of hydrogen-bond acceptors (Lipinski definition) is 2. The molecule has 0 bridgehead atoms. The highest BCUT2D eigenvalue weighted by Crippen LogP contribution is 2.52. The predicted octanol–water partition coefficient (Wildman–Crippen LogP) is 2.34. The van der Waals surface area contributed by atoms with E-state index < -0.39 is 11.1 Å². The summed E-state index contributed by atoms with van der Waals surface area (Å²) in [6.07, 6.45) is 1.12. The molecule has 0 heterocycles. The van der Waals surface area contributed by atoms with Crippen molar-refractivity contribution in [3.05, 3.63) is 35.9 Å². The number of hydrogen-bond donors (Lipinski definition) is 1. The summed E-state index contributed by atoms with van der Waals surface area (Å²) in [4.78, 5) is 13.9. The summed E-state index contributed by atoms with van der Waals surface area (Å²) in [5.41, 5.74) is -0.0778. The van der Waals surface area contributed by atoms with Gasteiger partial charge in [-0.1, -0.05) is 37.3 Å². The van der Waals surface area contributed by atoms with Gasteiger partial charge in [0, 0.05) is 19.4 Å². The van der Waals surface area contributed by atoms with E-state index in [0.29, 0.717) is 19.4 Å². The average molecular weight is 247 g/mol. The zero-order valence-corrected chi connectivity index (χ0v) is 11.3. The molecule has 0 spiro atoms. The summed E-state index contributed by atoms with van der Waals surface area (Å²) >= 11 is 0. The maximum absolute atomic E-state index is 12.1. The van der Waals surface area contributed by atoms with E-state index in [2.05, 4.69) is 0 Å². The molecule has 1 amide bonds. The van der Waals surface area contributed by atoms with E-state index in [-0.39, 0.29) is 5.91 Å². The number of aliphatic hydroxyl groups is 1. The van der Waals surface area contributed by atoms with Gasteiger partial charge in [0.05, 0.1) is 11.1 Å². The van der Waals surface area contributed by atoms with E-state index >= 15 is 0 Å². The molecule has 0 aromatic heterocycles. The van der Waals surface area contributed by atoms with Crippen LogP contribution in [0.4, 0.5) is 0 Å². The molecule has 1 aliphatic carbocycles. The Morgan fingerprint density at radius 3 is 2.33 bits per heavy atom. The van der Waals surface area contributed by atoms with Gasteiger partial charge in [0.25, 0.3) is 0 Å². The van der Waals surface area contributed by atoms with E-state index in [4.69, 9.17) is 0 Å². The Bertz CT molecular complexity index is 441. The zero-order valence-electron chi connectivity index (χ0n) is 11.3. The van der Waals surface area contributed by atoms with Gasteiger partial charge in [-0.25, -0.2) is 0 Å². The lowest BCUT2D eigenvalue weighted by molar-refractivity contribution is -0.136. The number of benzene rings is 1. The molecule has 2 unspecified atom stereocenters. The van der Waals surface area contributed by atoms with Crippen molar-refractivity contribution in [3.63, 3.8) is 0 Å². The number of nitrogens with zero attached hydrogens (tertiary/aromatic N) is 1. The second-order valence-corrected chi connectivity index (χ2v) is 5.54. The third kappa shape index (κ3) is 2.15. The monoisotopic (exact) mass is 247 g/mol. The van der Waals surface area contributed by atoms with Crippen LogP contribution in [0.3, 0.4) is 0 Å². The van der Waals surface area contributed by atoms with Gasteiger partial charge in [-0.05, 0) is 19.4 Å². The van der Waals surface area contributed by atoms with Crippen LogP contribution in [0.25, 0.3) is 0 Å². The Morgan fingerprint density at radius 1 is 1.33 bits per heavy atom. The van der Waals surface area contributed by atoms with Gasteiger partial charge in [-0.3, -0.25) is 4.79 Å². The van der Waals surface area contributed by atoms with Crippen LogP contribution in [0.5, 0.6) is 0 Å². The quantitative estimate of drug-likeness (QED) is 0.887. The molecule has 3 nitrogen and oxygen atoms in total. The second kappa shape index (κ2) is 4.39. The van der Waals surface area contributed by atoms with Crippen molar-refractivity contribution in [2.45, 2.75) is 51.3 Å². The molecular formula is C15H21NO2. The van der Waals surface area contributed by atoms with Crippen molar-refractivity contribution in [2.75, 3.05) is 0 Å². The Labute approximate surface area is 108 Å². The van der Waals surface area contributed by atoms with Crippen LogP contribution in [-0.2, 0) is 11.3 Å². The molecule has 1 aliphatic rings. The zero-order chi connectivity index (χ0) is 13.4. The van der Waals surface area contributed by atoms with Gasteiger partial charge in [0.15, 0.2) is 0 Å². The highest BCUT2D eigenvalue weighted by Gasteiger charge is 2.64.